The van der Waals surface area contributed by atoms with Crippen molar-refractivity contribution < 1.29 is 25.2 Å². The minimum Gasteiger partial charge on any atom is -0.379 e. The number of rotatable bonds is 9. The summed E-state index contributed by atoms with van der Waals surface area (Å²) in [4.78, 5) is 0.0989. The van der Waals surface area contributed by atoms with Gasteiger partial charge in [-0.3, -0.25) is 0 Å². The van der Waals surface area contributed by atoms with Crippen LogP contribution >= 0.6 is 0 Å². The molecule has 0 radical (unpaired) electrons. The van der Waals surface area contributed by atoms with Crippen molar-refractivity contribution in [1.29, 1.82) is 0 Å². The second-order valence-electron chi connectivity index (χ2n) is 8.21. The Bertz CT molecular complexity index is 1380. The van der Waals surface area contributed by atoms with Gasteiger partial charge in [-0.25, -0.2) is 0 Å². The van der Waals surface area contributed by atoms with Crippen molar-refractivity contribution in [2.45, 2.75) is 24.2 Å². The zero-order chi connectivity index (χ0) is 24.9. The van der Waals surface area contributed by atoms with Crippen molar-refractivity contribution in [3.05, 3.63) is 120 Å². The lowest BCUT2D eigenvalue weighted by atomic mass is 9.78. The molecule has 0 aromatic heterocycles. The van der Waals surface area contributed by atoms with Crippen LogP contribution < -0.4 is 12.5 Å². The highest BCUT2D eigenvalue weighted by atomic mass is 32.2. The van der Waals surface area contributed by atoms with Gasteiger partial charge in [0, 0.05) is 5.41 Å². The van der Waals surface area contributed by atoms with E-state index in [2.05, 4.69) is 13.8 Å². The second-order valence-corrected chi connectivity index (χ2v) is 10.5. The quantitative estimate of drug-likeness (QED) is 0.265. The van der Waals surface area contributed by atoms with Gasteiger partial charge >= 0.3 is 21.5 Å². The van der Waals surface area contributed by atoms with Gasteiger partial charge < -0.3 is 12.5 Å². The fraction of sp³-hybridized carbons (Fsp3) is 0.111. The molecule has 35 heavy (non-hydrogen) atoms. The van der Waals surface area contributed by atoms with Crippen LogP contribution in [0, 0.1) is 0 Å². The van der Waals surface area contributed by atoms with Crippen LogP contribution in [-0.2, 0) is 26.9 Å². The van der Waals surface area contributed by atoms with Crippen LogP contribution in [0.2, 0.25) is 0 Å². The van der Waals surface area contributed by atoms with E-state index in [1.807, 2.05) is 30.3 Å². The highest BCUT2D eigenvalue weighted by Gasteiger charge is 2.24. The Morgan fingerprint density at radius 2 is 1.03 bits per heavy atom. The summed E-state index contributed by atoms with van der Waals surface area (Å²) in [6.07, 6.45) is 0. The monoisotopic (exact) mass is 508 g/mol. The minimum absolute atomic E-state index is 0.0989. The van der Waals surface area contributed by atoms with Crippen LogP contribution in [0.25, 0.3) is 0 Å². The Morgan fingerprint density at radius 3 is 1.54 bits per heavy atom. The maximum Gasteiger partial charge on any atom is 0.417 e. The molecule has 0 aliphatic heterocycles. The third kappa shape index (κ3) is 6.09. The largest absolute Gasteiger partial charge is 0.417 e. The number of benzene rings is 4. The van der Waals surface area contributed by atoms with Crippen LogP contribution in [0.15, 0.2) is 114 Å². The van der Waals surface area contributed by atoms with E-state index in [4.69, 9.17) is 12.5 Å². The van der Waals surface area contributed by atoms with Crippen molar-refractivity contribution in [2.24, 2.45) is 0 Å². The Labute approximate surface area is 208 Å². The summed E-state index contributed by atoms with van der Waals surface area (Å²) < 4.78 is 52.9. The first-order valence-corrected chi connectivity index (χ1v) is 13.2. The second kappa shape index (κ2) is 10.3. The molecule has 0 fully saturated rings. The van der Waals surface area contributed by atoms with Crippen LogP contribution in [0.4, 0.5) is 0 Å². The average Bonchev–Trinajstić information content (AvgIpc) is 2.85. The van der Waals surface area contributed by atoms with Crippen LogP contribution in [0.3, 0.4) is 0 Å². The highest BCUT2D eigenvalue weighted by Crippen LogP contribution is 2.34. The van der Waals surface area contributed by atoms with Gasteiger partial charge in [0.05, 0.1) is 0 Å². The molecule has 8 heteroatoms. The summed E-state index contributed by atoms with van der Waals surface area (Å²) >= 11 is -1.97. The summed E-state index contributed by atoms with van der Waals surface area (Å²) in [5, 5.41) is 0. The number of para-hydroxylation sites is 1. The summed E-state index contributed by atoms with van der Waals surface area (Å²) in [5.41, 5.74) is 1.56. The average molecular weight is 509 g/mol. The molecular formula is C27H24O6S2. The van der Waals surface area contributed by atoms with Gasteiger partial charge in [-0.2, -0.15) is 12.6 Å². The maximum atomic E-state index is 12.5. The third-order valence-corrected chi connectivity index (χ3v) is 7.38. The van der Waals surface area contributed by atoms with E-state index >= 15 is 0 Å². The van der Waals surface area contributed by atoms with E-state index in [9.17, 15) is 12.6 Å². The zero-order valence-electron chi connectivity index (χ0n) is 19.2. The summed E-state index contributed by atoms with van der Waals surface area (Å²) in [6.45, 7) is 4.10. The molecule has 0 amide bonds. The smallest absolute Gasteiger partial charge is 0.379 e. The maximum absolute atomic E-state index is 12.5. The van der Waals surface area contributed by atoms with Gasteiger partial charge in [0.25, 0.3) is 0 Å². The van der Waals surface area contributed by atoms with E-state index in [1.54, 1.807) is 66.7 Å². The summed E-state index contributed by atoms with van der Waals surface area (Å²) in [6, 6.07) is 31.0. The van der Waals surface area contributed by atoms with E-state index in [0.717, 1.165) is 11.1 Å². The van der Waals surface area contributed by atoms with Gasteiger partial charge in [-0.15, -0.1) is 0 Å². The van der Waals surface area contributed by atoms with Gasteiger partial charge in [-0.05, 0) is 59.7 Å². The lowest BCUT2D eigenvalue weighted by Gasteiger charge is -2.26. The molecule has 0 aliphatic rings. The van der Waals surface area contributed by atoms with Gasteiger partial charge in [0.2, 0.25) is 0 Å². The molecule has 4 rings (SSSR count). The first-order chi connectivity index (χ1) is 16.7. The molecule has 0 saturated heterocycles. The molecule has 6 nitrogen and oxygen atoms in total. The molecular weight excluding hydrogens is 484 g/mol. The Kier molecular flexibility index (Phi) is 7.23. The van der Waals surface area contributed by atoms with Crippen molar-refractivity contribution in [2.75, 3.05) is 0 Å². The van der Waals surface area contributed by atoms with E-state index in [0.29, 0.717) is 11.5 Å². The first-order valence-electron chi connectivity index (χ1n) is 10.8. The van der Waals surface area contributed by atoms with Gasteiger partial charge in [-0.1, -0.05) is 74.5 Å². The highest BCUT2D eigenvalue weighted by molar-refractivity contribution is 7.87. The fourth-order valence-corrected chi connectivity index (χ4v) is 4.95. The molecule has 0 N–H and O–H groups in total. The summed E-state index contributed by atoms with van der Waals surface area (Å²) in [7, 11) is -3.90. The first kappa shape index (κ1) is 24.5. The molecule has 0 bridgehead atoms. The fourth-order valence-electron chi connectivity index (χ4n) is 3.43. The van der Waals surface area contributed by atoms with Crippen molar-refractivity contribution >= 4 is 21.5 Å². The van der Waals surface area contributed by atoms with E-state index in [1.165, 1.54) is 12.1 Å². The predicted molar refractivity (Wildman–Crippen MR) is 135 cm³/mol. The minimum atomic E-state index is -3.90. The van der Waals surface area contributed by atoms with Crippen LogP contribution in [0.5, 0.6) is 17.2 Å². The van der Waals surface area contributed by atoms with Crippen LogP contribution in [0.1, 0.15) is 25.0 Å². The SMILES string of the molecule is CC(C)(c1ccc(OS(=O)Oc2ccccc2)cc1)c1ccc(OS(=O)(=O)c2ccccc2)cc1. The normalized spacial score (nSPS) is 12.5. The number of hydrogen-bond donors (Lipinski definition) is 0. The summed E-state index contributed by atoms with van der Waals surface area (Å²) in [5.74, 6) is 1.10. The molecule has 0 heterocycles. The van der Waals surface area contributed by atoms with Crippen LogP contribution in [-0.4, -0.2) is 12.6 Å². The lowest BCUT2D eigenvalue weighted by Crippen LogP contribution is -2.19. The van der Waals surface area contributed by atoms with Crippen molar-refractivity contribution in [3.8, 4) is 17.2 Å². The standard InChI is InChI=1S/C27H24O6S2/c1-27(2,21-13-17-24(18-14-21)32-34(28)31-23-9-5-3-6-10-23)22-15-19-25(20-16-22)33-35(29,30)26-11-7-4-8-12-26/h3-20H,1-2H3. The van der Waals surface area contributed by atoms with Gasteiger partial charge in [0.15, 0.2) is 0 Å². The molecule has 0 spiro atoms. The zero-order valence-corrected chi connectivity index (χ0v) is 20.8. The van der Waals surface area contributed by atoms with Crippen molar-refractivity contribution in [1.82, 2.24) is 0 Å². The lowest BCUT2D eigenvalue weighted by molar-refractivity contribution is 0.461. The Balaban J connectivity index is 1.43. The van der Waals surface area contributed by atoms with E-state index < -0.39 is 26.9 Å². The van der Waals surface area contributed by atoms with Gasteiger partial charge in [0.1, 0.15) is 22.1 Å². The van der Waals surface area contributed by atoms with Crippen molar-refractivity contribution in [3.63, 3.8) is 0 Å². The predicted octanol–water partition coefficient (Wildman–Crippen LogP) is 5.82. The topological polar surface area (TPSA) is 78.9 Å². The molecule has 4 aromatic carbocycles. The molecule has 4 aromatic rings. The molecule has 1 atom stereocenters. The number of hydrogen-bond acceptors (Lipinski definition) is 6. The van der Waals surface area contributed by atoms with E-state index in [-0.39, 0.29) is 10.6 Å². The Morgan fingerprint density at radius 1 is 0.600 bits per heavy atom. The Hall–Kier alpha value is -3.62. The molecule has 0 aliphatic carbocycles. The molecule has 180 valence electrons. The third-order valence-electron chi connectivity index (χ3n) is 5.46. The molecule has 1 unspecified atom stereocenters. The molecule has 0 saturated carbocycles.